The molecule has 0 unspecified atom stereocenters. The zero-order chi connectivity index (χ0) is 14.0. The lowest BCUT2D eigenvalue weighted by atomic mass is 9.72. The quantitative estimate of drug-likeness (QED) is 0.773. The average molecular weight is 244 g/mol. The Kier molecular flexibility index (Phi) is 5.20. The maximum Gasteiger partial charge on any atom is 0.312 e. The first-order valence-electron chi connectivity index (χ1n) is 6.38. The highest BCUT2D eigenvalue weighted by Crippen LogP contribution is 2.35. The van der Waals surface area contributed by atoms with Crippen molar-refractivity contribution in [1.29, 1.82) is 0 Å². The summed E-state index contributed by atoms with van der Waals surface area (Å²) in [5.74, 6) is -0.848. The van der Waals surface area contributed by atoms with E-state index in [2.05, 4.69) is 0 Å². The van der Waals surface area contributed by atoms with Gasteiger partial charge in [0.1, 0.15) is 5.60 Å². The number of carbonyl (C=O) groups is 1. The molecular weight excluding hydrogens is 216 g/mol. The van der Waals surface area contributed by atoms with E-state index in [0.29, 0.717) is 0 Å². The van der Waals surface area contributed by atoms with Gasteiger partial charge < -0.3 is 9.84 Å². The lowest BCUT2D eigenvalue weighted by Crippen LogP contribution is -2.51. The van der Waals surface area contributed by atoms with Crippen LogP contribution in [0.2, 0.25) is 0 Å². The first-order valence-corrected chi connectivity index (χ1v) is 6.38. The standard InChI is InChI=1S/C14H28O3/c1-9(2)14(16,10(3)4)11(5)12(15)17-13(6,7)8/h9-11,16H,1-8H3/t11-/m1/s1. The molecule has 0 fully saturated rings. The van der Waals surface area contributed by atoms with E-state index in [0.717, 1.165) is 0 Å². The topological polar surface area (TPSA) is 46.5 Å². The first-order chi connectivity index (χ1) is 7.43. The van der Waals surface area contributed by atoms with Gasteiger partial charge >= 0.3 is 5.97 Å². The summed E-state index contributed by atoms with van der Waals surface area (Å²) in [6, 6.07) is 0. The highest BCUT2D eigenvalue weighted by Gasteiger charge is 2.45. The molecule has 17 heavy (non-hydrogen) atoms. The van der Waals surface area contributed by atoms with Crippen LogP contribution in [0.3, 0.4) is 0 Å². The van der Waals surface area contributed by atoms with Gasteiger partial charge in [0.05, 0.1) is 11.5 Å². The first kappa shape index (κ1) is 16.4. The molecule has 0 spiro atoms. The fourth-order valence-electron chi connectivity index (χ4n) is 2.25. The predicted molar refractivity (Wildman–Crippen MR) is 69.6 cm³/mol. The van der Waals surface area contributed by atoms with Crippen molar-refractivity contribution in [2.45, 2.75) is 66.6 Å². The summed E-state index contributed by atoms with van der Waals surface area (Å²) in [5.41, 5.74) is -1.54. The second-order valence-electron chi connectivity index (χ2n) is 6.45. The minimum absolute atomic E-state index is 0.00465. The summed E-state index contributed by atoms with van der Waals surface area (Å²) in [6.45, 7) is 15.0. The van der Waals surface area contributed by atoms with Gasteiger partial charge in [-0.05, 0) is 39.5 Å². The van der Waals surface area contributed by atoms with Crippen LogP contribution in [-0.2, 0) is 9.53 Å². The Balaban J connectivity index is 4.99. The van der Waals surface area contributed by atoms with Crippen LogP contribution in [0, 0.1) is 17.8 Å². The van der Waals surface area contributed by atoms with Crippen LogP contribution >= 0.6 is 0 Å². The normalized spacial score (nSPS) is 15.2. The highest BCUT2D eigenvalue weighted by atomic mass is 16.6. The number of carbonyl (C=O) groups excluding carboxylic acids is 1. The minimum Gasteiger partial charge on any atom is -0.460 e. The molecule has 0 radical (unpaired) electrons. The van der Waals surface area contributed by atoms with Crippen molar-refractivity contribution in [3.63, 3.8) is 0 Å². The van der Waals surface area contributed by atoms with Gasteiger partial charge in [0.2, 0.25) is 0 Å². The van der Waals surface area contributed by atoms with Gasteiger partial charge in [-0.3, -0.25) is 4.79 Å². The van der Waals surface area contributed by atoms with Crippen LogP contribution in [0.25, 0.3) is 0 Å². The summed E-state index contributed by atoms with van der Waals surface area (Å²) >= 11 is 0. The molecule has 0 bridgehead atoms. The smallest absolute Gasteiger partial charge is 0.312 e. The molecule has 1 N–H and O–H groups in total. The summed E-state index contributed by atoms with van der Waals surface area (Å²) in [5, 5.41) is 10.7. The van der Waals surface area contributed by atoms with Crippen LogP contribution in [0.1, 0.15) is 55.4 Å². The molecule has 1 atom stereocenters. The van der Waals surface area contributed by atoms with Crippen molar-refractivity contribution < 1.29 is 14.6 Å². The van der Waals surface area contributed by atoms with Crippen LogP contribution < -0.4 is 0 Å². The lowest BCUT2D eigenvalue weighted by Gasteiger charge is -2.40. The van der Waals surface area contributed by atoms with Crippen molar-refractivity contribution in [2.75, 3.05) is 0 Å². The van der Waals surface area contributed by atoms with E-state index >= 15 is 0 Å². The number of rotatable bonds is 4. The van der Waals surface area contributed by atoms with Crippen LogP contribution in [-0.4, -0.2) is 22.3 Å². The number of hydrogen-bond acceptors (Lipinski definition) is 3. The Bertz CT molecular complexity index is 253. The van der Waals surface area contributed by atoms with Gasteiger partial charge in [-0.2, -0.15) is 0 Å². The lowest BCUT2D eigenvalue weighted by molar-refractivity contribution is -0.177. The molecule has 0 aromatic rings. The maximum absolute atomic E-state index is 12.0. The molecule has 3 heteroatoms. The third-order valence-corrected chi connectivity index (χ3v) is 3.30. The molecule has 0 rings (SSSR count). The van der Waals surface area contributed by atoms with Crippen molar-refractivity contribution >= 4 is 5.97 Å². The molecule has 0 aliphatic rings. The average Bonchev–Trinajstić information content (AvgIpc) is 2.11. The SMILES string of the molecule is CC(C)C(O)(C(C)C)[C@H](C)C(=O)OC(C)(C)C. The Morgan fingerprint density at radius 2 is 1.35 bits per heavy atom. The van der Waals surface area contributed by atoms with Crippen molar-refractivity contribution in [1.82, 2.24) is 0 Å². The summed E-state index contributed by atoms with van der Waals surface area (Å²) < 4.78 is 5.35. The third-order valence-electron chi connectivity index (χ3n) is 3.30. The number of esters is 1. The monoisotopic (exact) mass is 244 g/mol. The van der Waals surface area contributed by atoms with Gasteiger partial charge in [-0.15, -0.1) is 0 Å². The van der Waals surface area contributed by atoms with E-state index < -0.39 is 17.1 Å². The van der Waals surface area contributed by atoms with Crippen molar-refractivity contribution in [3.05, 3.63) is 0 Å². The molecule has 0 aliphatic carbocycles. The molecule has 0 aromatic heterocycles. The molecule has 102 valence electrons. The van der Waals surface area contributed by atoms with Crippen LogP contribution in [0.15, 0.2) is 0 Å². The van der Waals surface area contributed by atoms with Crippen molar-refractivity contribution in [3.8, 4) is 0 Å². The van der Waals surface area contributed by atoms with Gasteiger partial charge in [0.15, 0.2) is 0 Å². The predicted octanol–water partition coefficient (Wildman–Crippen LogP) is 3.01. The summed E-state index contributed by atoms with van der Waals surface area (Å²) in [7, 11) is 0. The fourth-order valence-corrected chi connectivity index (χ4v) is 2.25. The van der Waals surface area contributed by atoms with E-state index in [1.807, 2.05) is 48.5 Å². The summed E-state index contributed by atoms with van der Waals surface area (Å²) in [4.78, 5) is 12.0. The Hall–Kier alpha value is -0.570. The second kappa shape index (κ2) is 5.38. The zero-order valence-corrected chi connectivity index (χ0v) is 12.5. The number of ether oxygens (including phenoxy) is 1. The molecular formula is C14H28O3. The Morgan fingerprint density at radius 1 is 1.00 bits per heavy atom. The molecule has 0 heterocycles. The molecule has 0 saturated carbocycles. The third kappa shape index (κ3) is 3.98. The van der Waals surface area contributed by atoms with Gasteiger partial charge in [-0.1, -0.05) is 27.7 Å². The van der Waals surface area contributed by atoms with E-state index in [-0.39, 0.29) is 17.8 Å². The second-order valence-corrected chi connectivity index (χ2v) is 6.45. The maximum atomic E-state index is 12.0. The van der Waals surface area contributed by atoms with E-state index in [1.165, 1.54) is 0 Å². The Labute approximate surface area is 106 Å². The molecule has 0 saturated heterocycles. The highest BCUT2D eigenvalue weighted by molar-refractivity contribution is 5.74. The fraction of sp³-hybridized carbons (Fsp3) is 0.929. The molecule has 0 aliphatic heterocycles. The van der Waals surface area contributed by atoms with E-state index in [4.69, 9.17) is 4.74 Å². The van der Waals surface area contributed by atoms with Crippen LogP contribution in [0.4, 0.5) is 0 Å². The number of aliphatic hydroxyl groups is 1. The molecule has 3 nitrogen and oxygen atoms in total. The number of hydrogen-bond donors (Lipinski definition) is 1. The largest absolute Gasteiger partial charge is 0.460 e. The molecule has 0 aromatic carbocycles. The minimum atomic E-state index is -1.03. The Morgan fingerprint density at radius 3 is 1.59 bits per heavy atom. The van der Waals surface area contributed by atoms with Gasteiger partial charge in [0, 0.05) is 0 Å². The van der Waals surface area contributed by atoms with Gasteiger partial charge in [-0.25, -0.2) is 0 Å². The van der Waals surface area contributed by atoms with E-state index in [1.54, 1.807) is 6.92 Å². The van der Waals surface area contributed by atoms with Crippen molar-refractivity contribution in [2.24, 2.45) is 17.8 Å². The van der Waals surface area contributed by atoms with E-state index in [9.17, 15) is 9.90 Å². The molecule has 0 amide bonds. The zero-order valence-electron chi connectivity index (χ0n) is 12.5. The van der Waals surface area contributed by atoms with Gasteiger partial charge in [0.25, 0.3) is 0 Å². The summed E-state index contributed by atoms with van der Waals surface area (Å²) in [6.07, 6.45) is 0. The van der Waals surface area contributed by atoms with Crippen LogP contribution in [0.5, 0.6) is 0 Å².